The summed E-state index contributed by atoms with van der Waals surface area (Å²) in [5.41, 5.74) is -10.6. The Morgan fingerprint density at radius 2 is 0.443 bits per heavy atom. The Kier molecular flexibility index (Phi) is 8.73. The van der Waals surface area contributed by atoms with Crippen molar-refractivity contribution in [3.63, 3.8) is 0 Å². The number of hydrogen-bond acceptors (Lipinski definition) is 26. The molecule has 0 saturated carbocycles. The summed E-state index contributed by atoms with van der Waals surface area (Å²) in [6.07, 6.45) is 0.715. The predicted octanol–water partition coefficient (Wildman–Crippen LogP) is 5.33. The predicted molar refractivity (Wildman–Crippen MR) is 234 cm³/mol. The molecule has 1 aromatic heterocycles. The molecular weight excluding hydrogens is 944 g/mol. The van der Waals surface area contributed by atoms with E-state index in [9.17, 15) is 128 Å². The number of benzene rings is 8. The monoisotopic (exact) mass is 972 g/mol. The number of rotatable bonds is 4. The summed E-state index contributed by atoms with van der Waals surface area (Å²) in [5.74, 6) is -40.0. The van der Waals surface area contributed by atoms with Gasteiger partial charge in [0.05, 0.1) is 32.8 Å². The van der Waals surface area contributed by atoms with Crippen molar-refractivity contribution in [2.24, 2.45) is 0 Å². The first-order valence-corrected chi connectivity index (χ1v) is 18.9. The minimum absolute atomic E-state index is 0.715. The van der Waals surface area contributed by atoms with Gasteiger partial charge >= 0.3 is 0 Å². The average molecular weight is 973 g/mol. The molecule has 0 atom stereocenters. The van der Waals surface area contributed by atoms with Crippen LogP contribution in [0.1, 0.15) is 5.56 Å². The Balaban J connectivity index is 1.56. The van der Waals surface area contributed by atoms with Gasteiger partial charge in [-0.15, -0.1) is 0 Å². The fourth-order valence-corrected chi connectivity index (χ4v) is 8.79. The summed E-state index contributed by atoms with van der Waals surface area (Å²) < 4.78 is 5.41. The first kappa shape index (κ1) is 44.3. The van der Waals surface area contributed by atoms with Gasteiger partial charge in [0.15, 0.2) is 91.7 Å². The van der Waals surface area contributed by atoms with Crippen LogP contribution in [0.2, 0.25) is 0 Å². The molecule has 0 radical (unpaired) electrons. The normalized spacial score (nSPS) is 11.8. The van der Waals surface area contributed by atoms with Crippen LogP contribution < -0.4 is 0 Å². The SMILES string of the molecule is C=Cc1c(O)c(O)c2oc3c(O)c(O)c(O)c(O)c3c2c1-c1c(O)c(O)c(-c2c3c(O)c(O)c(O)c(O)c3c(-c3c(O)c(O)c4c(O)c(O)c(O)c(O)c4c3O)c3c(O)c(O)c(O)c(O)c23)c(O)c1O. The van der Waals surface area contributed by atoms with E-state index in [2.05, 4.69) is 6.58 Å². The molecule has 0 amide bonds. The lowest BCUT2D eigenvalue weighted by atomic mass is 9.81. The van der Waals surface area contributed by atoms with Crippen molar-refractivity contribution >= 4 is 60.3 Å². The number of aromatic hydroxyl groups is 25. The molecule has 9 aromatic rings. The lowest BCUT2D eigenvalue weighted by Gasteiger charge is -2.25. The number of furan rings is 1. The van der Waals surface area contributed by atoms with Crippen LogP contribution >= 0.6 is 0 Å². The van der Waals surface area contributed by atoms with Gasteiger partial charge < -0.3 is 132 Å². The number of phenolic OH excluding ortho intramolecular Hbond substituents is 25. The molecule has 26 nitrogen and oxygen atoms in total. The average Bonchev–Trinajstić information content (AvgIpc) is 3.74. The topological polar surface area (TPSA) is 519 Å². The molecular formula is C44H28O26. The molecule has 0 bridgehead atoms. The Labute approximate surface area is 381 Å². The minimum atomic E-state index is -1.79. The maximum absolute atomic E-state index is 12.1. The summed E-state index contributed by atoms with van der Waals surface area (Å²) in [6.45, 7) is 3.47. The Morgan fingerprint density at radius 1 is 0.200 bits per heavy atom. The maximum atomic E-state index is 12.1. The molecule has 0 aliphatic rings. The second-order valence-electron chi connectivity index (χ2n) is 15.3. The van der Waals surface area contributed by atoms with E-state index in [0.29, 0.717) is 6.08 Å². The third-order valence-electron chi connectivity index (χ3n) is 12.0. The van der Waals surface area contributed by atoms with E-state index in [1.807, 2.05) is 0 Å². The van der Waals surface area contributed by atoms with Gasteiger partial charge in [-0.05, 0) is 0 Å². The smallest absolute Gasteiger partial charge is 0.208 e. The lowest BCUT2D eigenvalue weighted by Crippen LogP contribution is -1.97. The second kappa shape index (κ2) is 13.8. The Hall–Kier alpha value is -10.9. The summed E-state index contributed by atoms with van der Waals surface area (Å²) in [6, 6.07) is 0. The van der Waals surface area contributed by atoms with E-state index in [1.54, 1.807) is 0 Å². The van der Waals surface area contributed by atoms with E-state index in [0.717, 1.165) is 0 Å². The largest absolute Gasteiger partial charge is 0.506 e. The zero-order chi connectivity index (χ0) is 51.7. The first-order chi connectivity index (χ1) is 32.7. The summed E-state index contributed by atoms with van der Waals surface area (Å²) in [5, 5.41) is 270. The molecule has 0 saturated heterocycles. The Morgan fingerprint density at radius 3 is 0.814 bits per heavy atom. The van der Waals surface area contributed by atoms with Crippen LogP contribution in [0.3, 0.4) is 0 Å². The number of fused-ring (bicyclic) bond motifs is 6. The highest BCUT2D eigenvalue weighted by Crippen LogP contribution is 2.69. The molecule has 8 aromatic carbocycles. The second-order valence-corrected chi connectivity index (χ2v) is 15.3. The highest BCUT2D eigenvalue weighted by atomic mass is 16.4. The van der Waals surface area contributed by atoms with Crippen molar-refractivity contribution in [3.8, 4) is 177 Å². The zero-order valence-corrected chi connectivity index (χ0v) is 33.9. The molecule has 25 N–H and O–H groups in total. The third-order valence-corrected chi connectivity index (χ3v) is 12.0. The fourth-order valence-electron chi connectivity index (χ4n) is 8.79. The van der Waals surface area contributed by atoms with E-state index < -0.39 is 237 Å². The van der Waals surface area contributed by atoms with Crippen molar-refractivity contribution in [3.05, 3.63) is 12.1 Å². The van der Waals surface area contributed by atoms with E-state index in [4.69, 9.17) is 4.42 Å². The standard InChI is InChI=1S/C44H28O26/c1-2-3-4(11-17-32(59)39(66)40(67)42(69)44(17)70-43(11)41(68)18(3)45)12-24(51)27(54)14(28(55)25(12)52)6-9-7(20(47)33(60)35(62)22(9)49)5(8-10(6)23(50)36(63)34(61)21(8)48)13-19(46)15-16(29(56)26(13)53)31(58)38(65)37(64)30(15)57/h2,45-69H,1H2. The van der Waals surface area contributed by atoms with Gasteiger partial charge in [-0.25, -0.2) is 0 Å². The van der Waals surface area contributed by atoms with Crippen molar-refractivity contribution in [1.82, 2.24) is 0 Å². The molecule has 26 heteroatoms. The van der Waals surface area contributed by atoms with Crippen molar-refractivity contribution < 1.29 is 132 Å². The van der Waals surface area contributed by atoms with Crippen LogP contribution in [0.15, 0.2) is 11.0 Å². The molecule has 0 fully saturated rings. The highest BCUT2D eigenvalue weighted by Gasteiger charge is 2.40. The third kappa shape index (κ3) is 4.92. The van der Waals surface area contributed by atoms with Gasteiger partial charge in [0, 0.05) is 49.2 Å². The molecule has 9 rings (SSSR count). The number of hydrogen-bond donors (Lipinski definition) is 25. The van der Waals surface area contributed by atoms with Crippen molar-refractivity contribution in [1.29, 1.82) is 0 Å². The molecule has 0 spiro atoms. The van der Waals surface area contributed by atoms with Crippen molar-refractivity contribution in [2.75, 3.05) is 0 Å². The summed E-state index contributed by atoms with van der Waals surface area (Å²) in [7, 11) is 0. The van der Waals surface area contributed by atoms with Gasteiger partial charge in [-0.2, -0.15) is 0 Å². The van der Waals surface area contributed by atoms with E-state index in [1.165, 1.54) is 0 Å². The fraction of sp³-hybridized carbons (Fsp3) is 0. The van der Waals surface area contributed by atoms with Gasteiger partial charge in [-0.3, -0.25) is 0 Å². The van der Waals surface area contributed by atoms with Gasteiger partial charge in [0.2, 0.25) is 57.5 Å². The molecule has 1 heterocycles. The molecule has 0 unspecified atom stereocenters. The van der Waals surface area contributed by atoms with Crippen LogP contribution in [-0.4, -0.2) is 128 Å². The van der Waals surface area contributed by atoms with Gasteiger partial charge in [0.25, 0.3) is 0 Å². The van der Waals surface area contributed by atoms with Crippen LogP contribution in [0, 0.1) is 0 Å². The van der Waals surface area contributed by atoms with Crippen LogP contribution in [-0.2, 0) is 0 Å². The van der Waals surface area contributed by atoms with Crippen LogP contribution in [0.4, 0.5) is 0 Å². The van der Waals surface area contributed by atoms with Crippen molar-refractivity contribution in [2.45, 2.75) is 0 Å². The van der Waals surface area contributed by atoms with Crippen LogP contribution in [0.5, 0.6) is 144 Å². The molecule has 360 valence electrons. The summed E-state index contributed by atoms with van der Waals surface area (Å²) >= 11 is 0. The molecule has 70 heavy (non-hydrogen) atoms. The van der Waals surface area contributed by atoms with Gasteiger partial charge in [0.1, 0.15) is 5.75 Å². The molecule has 0 aliphatic carbocycles. The lowest BCUT2D eigenvalue weighted by molar-refractivity contribution is 0.347. The quantitative estimate of drug-likeness (QED) is 0.0602. The minimum Gasteiger partial charge on any atom is -0.506 e. The molecule has 0 aliphatic heterocycles. The van der Waals surface area contributed by atoms with E-state index in [-0.39, 0.29) is 0 Å². The van der Waals surface area contributed by atoms with Gasteiger partial charge in [-0.1, -0.05) is 12.7 Å². The van der Waals surface area contributed by atoms with Crippen LogP contribution in [0.25, 0.3) is 93.7 Å². The number of phenols is 25. The highest BCUT2D eigenvalue weighted by molar-refractivity contribution is 6.32. The maximum Gasteiger partial charge on any atom is 0.208 e. The Bertz CT molecular complexity index is 3910. The zero-order valence-electron chi connectivity index (χ0n) is 33.9. The summed E-state index contributed by atoms with van der Waals surface area (Å²) in [4.78, 5) is 0. The first-order valence-electron chi connectivity index (χ1n) is 18.9. The van der Waals surface area contributed by atoms with E-state index >= 15 is 0 Å².